The summed E-state index contributed by atoms with van der Waals surface area (Å²) >= 11 is 0. The molecule has 0 aliphatic carbocycles. The third kappa shape index (κ3) is 9.03. The topological polar surface area (TPSA) is 160 Å². The highest BCUT2D eigenvalue weighted by atomic mass is 35.5. The van der Waals surface area contributed by atoms with E-state index < -0.39 is 29.9 Å². The summed E-state index contributed by atoms with van der Waals surface area (Å²) in [7, 11) is 0. The van der Waals surface area contributed by atoms with Gasteiger partial charge in [-0.05, 0) is 36.5 Å². The minimum Gasteiger partial charge on any atom is -0.392 e. The van der Waals surface area contributed by atoms with E-state index in [0.717, 1.165) is 5.56 Å². The molecule has 2 atom stereocenters. The summed E-state index contributed by atoms with van der Waals surface area (Å²) < 4.78 is 0. The number of nitrogens with one attached hydrogen (secondary N) is 3. The van der Waals surface area contributed by atoms with Crippen LogP contribution in [0.3, 0.4) is 0 Å². The molecule has 8 N–H and O–H groups in total. The van der Waals surface area contributed by atoms with Gasteiger partial charge in [-0.25, -0.2) is 4.79 Å². The Morgan fingerprint density at radius 2 is 1.71 bits per heavy atom. The average Bonchev–Trinajstić information content (AvgIpc) is 2.63. The van der Waals surface area contributed by atoms with Gasteiger partial charge in [0.2, 0.25) is 11.8 Å². The first-order valence-corrected chi connectivity index (χ1v) is 8.84. The molecule has 0 aliphatic rings. The summed E-state index contributed by atoms with van der Waals surface area (Å²) in [4.78, 5) is 35.6. The number of benzene rings is 1. The first-order valence-electron chi connectivity index (χ1n) is 8.84. The largest absolute Gasteiger partial charge is 0.392 e. The number of nitrogens with two attached hydrogens (primary N) is 2. The third-order valence-electron chi connectivity index (χ3n) is 4.03. The van der Waals surface area contributed by atoms with Gasteiger partial charge in [0.1, 0.15) is 6.04 Å². The number of aliphatic hydroxyl groups excluding tert-OH is 1. The van der Waals surface area contributed by atoms with Gasteiger partial charge >= 0.3 is 6.03 Å². The lowest BCUT2D eigenvalue weighted by Gasteiger charge is -2.22. The Hall–Kier alpha value is -2.36. The molecule has 158 valence electrons. The van der Waals surface area contributed by atoms with E-state index in [1.165, 1.54) is 0 Å². The Morgan fingerprint density at radius 1 is 1.11 bits per heavy atom. The van der Waals surface area contributed by atoms with E-state index in [4.69, 9.17) is 16.6 Å². The van der Waals surface area contributed by atoms with E-state index in [0.29, 0.717) is 18.5 Å². The van der Waals surface area contributed by atoms with Crippen molar-refractivity contribution in [3.63, 3.8) is 0 Å². The Kier molecular flexibility index (Phi) is 11.8. The van der Waals surface area contributed by atoms with Crippen LogP contribution in [-0.4, -0.2) is 41.6 Å². The molecule has 9 nitrogen and oxygen atoms in total. The minimum absolute atomic E-state index is 0. The lowest BCUT2D eigenvalue weighted by atomic mass is 10.0. The van der Waals surface area contributed by atoms with Crippen LogP contribution < -0.4 is 27.4 Å². The number of carbonyl (C=O) groups excluding carboxylic acids is 3. The van der Waals surface area contributed by atoms with Crippen molar-refractivity contribution in [1.82, 2.24) is 10.6 Å². The zero-order chi connectivity index (χ0) is 20.4. The fourth-order valence-electron chi connectivity index (χ4n) is 2.28. The Bertz CT molecular complexity index is 639. The highest BCUT2D eigenvalue weighted by Crippen LogP contribution is 2.11. The number of aliphatic hydroxyl groups is 1. The van der Waals surface area contributed by atoms with Crippen molar-refractivity contribution in [2.75, 3.05) is 11.9 Å². The number of amides is 4. The average molecular weight is 416 g/mol. The zero-order valence-electron chi connectivity index (χ0n) is 16.1. The van der Waals surface area contributed by atoms with Gasteiger partial charge in [0.15, 0.2) is 0 Å². The maximum absolute atomic E-state index is 12.6. The quantitative estimate of drug-likeness (QED) is 0.305. The number of rotatable bonds is 10. The molecular weight excluding hydrogens is 386 g/mol. The van der Waals surface area contributed by atoms with Crippen molar-refractivity contribution in [3.05, 3.63) is 29.8 Å². The summed E-state index contributed by atoms with van der Waals surface area (Å²) in [5.41, 5.74) is 12.1. The van der Waals surface area contributed by atoms with Crippen LogP contribution in [0.4, 0.5) is 10.5 Å². The van der Waals surface area contributed by atoms with Gasteiger partial charge in [0, 0.05) is 12.2 Å². The van der Waals surface area contributed by atoms with Gasteiger partial charge in [0.25, 0.3) is 0 Å². The molecule has 10 heteroatoms. The number of carbonyl (C=O) groups is 3. The fraction of sp³-hybridized carbons (Fsp3) is 0.500. The van der Waals surface area contributed by atoms with Crippen LogP contribution in [0.5, 0.6) is 0 Å². The van der Waals surface area contributed by atoms with Crippen LogP contribution in [0.25, 0.3) is 0 Å². The summed E-state index contributed by atoms with van der Waals surface area (Å²) in [6.45, 7) is 3.83. The summed E-state index contributed by atoms with van der Waals surface area (Å²) in [5, 5.41) is 16.9. The molecule has 0 bridgehead atoms. The van der Waals surface area contributed by atoms with Gasteiger partial charge < -0.3 is 32.5 Å². The zero-order valence-corrected chi connectivity index (χ0v) is 16.9. The van der Waals surface area contributed by atoms with Gasteiger partial charge in [-0.3, -0.25) is 9.59 Å². The highest BCUT2D eigenvalue weighted by Gasteiger charge is 2.25. The van der Waals surface area contributed by atoms with E-state index in [9.17, 15) is 14.4 Å². The van der Waals surface area contributed by atoms with Crippen LogP contribution in [0.15, 0.2) is 24.3 Å². The van der Waals surface area contributed by atoms with Crippen LogP contribution in [-0.2, 0) is 16.2 Å². The van der Waals surface area contributed by atoms with Crippen molar-refractivity contribution >= 4 is 35.9 Å². The number of primary amides is 1. The second-order valence-corrected chi connectivity index (χ2v) is 6.61. The fourth-order valence-corrected chi connectivity index (χ4v) is 2.28. The normalized spacial score (nSPS) is 12.5. The first kappa shape index (κ1) is 25.6. The smallest absolute Gasteiger partial charge is 0.312 e. The summed E-state index contributed by atoms with van der Waals surface area (Å²) in [5.74, 6) is -0.880. The molecule has 0 heterocycles. The van der Waals surface area contributed by atoms with Crippen molar-refractivity contribution in [2.45, 2.75) is 45.4 Å². The number of anilines is 1. The number of hydrogen-bond acceptors (Lipinski definition) is 5. The molecule has 2 unspecified atom stereocenters. The lowest BCUT2D eigenvalue weighted by Crippen LogP contribution is -2.51. The molecule has 0 aromatic heterocycles. The Labute approximate surface area is 171 Å². The minimum atomic E-state index is -0.811. The summed E-state index contributed by atoms with van der Waals surface area (Å²) in [6.07, 6.45) is 0.749. The molecule has 0 saturated carbocycles. The molecular formula is C18H30ClN5O4. The van der Waals surface area contributed by atoms with Crippen LogP contribution in [0, 0.1) is 5.92 Å². The van der Waals surface area contributed by atoms with E-state index in [-0.39, 0.29) is 31.5 Å². The predicted octanol–water partition coefficient (Wildman–Crippen LogP) is 0.456. The maximum Gasteiger partial charge on any atom is 0.312 e. The van der Waals surface area contributed by atoms with Crippen molar-refractivity contribution in [3.8, 4) is 0 Å². The standard InChI is InChI=1S/C18H29N5O4.ClH/c1-11(2)15(19)17(26)23-14(4-3-9-21-18(20)27)16(25)22-13-7-5-12(10-24)6-8-13;/h5-8,11,14-15,24H,3-4,9-10,19H2,1-2H3,(H,22,25)(H,23,26)(H3,20,21,27);1H. The number of urea groups is 1. The molecule has 4 amide bonds. The highest BCUT2D eigenvalue weighted by molar-refractivity contribution is 5.97. The van der Waals surface area contributed by atoms with Gasteiger partial charge in [-0.1, -0.05) is 26.0 Å². The van der Waals surface area contributed by atoms with Crippen molar-refractivity contribution in [1.29, 1.82) is 0 Å². The van der Waals surface area contributed by atoms with E-state index in [2.05, 4.69) is 16.0 Å². The van der Waals surface area contributed by atoms with Crippen molar-refractivity contribution in [2.24, 2.45) is 17.4 Å². The predicted molar refractivity (Wildman–Crippen MR) is 110 cm³/mol. The van der Waals surface area contributed by atoms with E-state index >= 15 is 0 Å². The molecule has 1 rings (SSSR count). The van der Waals surface area contributed by atoms with Crippen molar-refractivity contribution < 1.29 is 19.5 Å². The van der Waals surface area contributed by atoms with Crippen LogP contribution in [0.1, 0.15) is 32.3 Å². The monoisotopic (exact) mass is 415 g/mol. The first-order chi connectivity index (χ1) is 12.7. The van der Waals surface area contributed by atoms with Gasteiger partial charge in [-0.2, -0.15) is 0 Å². The maximum atomic E-state index is 12.6. The molecule has 28 heavy (non-hydrogen) atoms. The lowest BCUT2D eigenvalue weighted by molar-refractivity contribution is -0.128. The third-order valence-corrected chi connectivity index (χ3v) is 4.03. The van der Waals surface area contributed by atoms with Gasteiger partial charge in [-0.15, -0.1) is 12.4 Å². The molecule has 0 spiro atoms. The number of halogens is 1. The van der Waals surface area contributed by atoms with E-state index in [1.54, 1.807) is 24.3 Å². The second kappa shape index (κ2) is 12.9. The molecule has 0 aliphatic heterocycles. The number of hydrogen-bond donors (Lipinski definition) is 6. The second-order valence-electron chi connectivity index (χ2n) is 6.61. The van der Waals surface area contributed by atoms with Gasteiger partial charge in [0.05, 0.1) is 12.6 Å². The molecule has 0 fully saturated rings. The molecule has 1 aromatic rings. The molecule has 0 radical (unpaired) electrons. The molecule has 0 saturated heterocycles. The molecule has 1 aromatic carbocycles. The summed E-state index contributed by atoms with van der Waals surface area (Å²) in [6, 6.07) is 4.52. The van der Waals surface area contributed by atoms with Crippen LogP contribution >= 0.6 is 12.4 Å². The van der Waals surface area contributed by atoms with Crippen LogP contribution in [0.2, 0.25) is 0 Å². The Balaban J connectivity index is 0.00000729. The SMILES string of the molecule is CC(C)C(N)C(=O)NC(CCCNC(N)=O)C(=O)Nc1ccc(CO)cc1.Cl. The van der Waals surface area contributed by atoms with E-state index in [1.807, 2.05) is 13.8 Å². The Morgan fingerprint density at radius 3 is 2.21 bits per heavy atom.